The molecule has 0 radical (unpaired) electrons. The molecule has 0 aromatic carbocycles. The third-order valence-electron chi connectivity index (χ3n) is 3.68. The van der Waals surface area contributed by atoms with E-state index in [4.69, 9.17) is 30.5 Å². The molecule has 1 aliphatic rings. The summed E-state index contributed by atoms with van der Waals surface area (Å²) in [5.41, 5.74) is 0.616. The zero-order valence-electron chi connectivity index (χ0n) is 15.3. The van der Waals surface area contributed by atoms with Crippen LogP contribution in [0.15, 0.2) is 18.3 Å². The van der Waals surface area contributed by atoms with Crippen molar-refractivity contribution in [2.75, 3.05) is 0 Å². The largest absolute Gasteiger partial charge is 0.463 e. The smallest absolute Gasteiger partial charge is 0.307 e. The quantitative estimate of drug-likeness (QED) is 0.142. The third-order valence-corrected chi connectivity index (χ3v) is 4.42. The highest BCUT2D eigenvalue weighted by atomic mass is 127. The molecule has 0 spiro atoms. The molecule has 154 valence electrons. The van der Waals surface area contributed by atoms with E-state index in [1.807, 2.05) is 22.6 Å². The maximum absolute atomic E-state index is 11.7. The first-order valence-electron chi connectivity index (χ1n) is 8.11. The highest BCUT2D eigenvalue weighted by Crippen LogP contribution is 2.38. The lowest BCUT2D eigenvalue weighted by molar-refractivity contribution is -0.164. The number of ether oxygens (including phenoxy) is 4. The lowest BCUT2D eigenvalue weighted by Crippen LogP contribution is -2.35. The monoisotopic (exact) mass is 536 g/mol. The van der Waals surface area contributed by atoms with Crippen molar-refractivity contribution in [2.24, 2.45) is 0 Å². The SMILES string of the molecule is CC(=O)OC=C1OC(n2cnc3c(Cl)nc(I)nc32)[C@H](OC(C)=O)[C@@H]1OC(C)=O. The van der Waals surface area contributed by atoms with Crippen LogP contribution in [0, 0.1) is 3.83 Å². The fraction of sp³-hybridized carbons (Fsp3) is 0.375. The number of hydrogen-bond acceptors (Lipinski definition) is 10. The van der Waals surface area contributed by atoms with Crippen LogP contribution in [0.5, 0.6) is 0 Å². The zero-order chi connectivity index (χ0) is 21.3. The van der Waals surface area contributed by atoms with Gasteiger partial charge in [0, 0.05) is 43.4 Å². The maximum Gasteiger partial charge on any atom is 0.307 e. The first kappa shape index (κ1) is 21.2. The molecule has 1 aliphatic heterocycles. The van der Waals surface area contributed by atoms with Crippen molar-refractivity contribution < 1.29 is 33.3 Å². The summed E-state index contributed by atoms with van der Waals surface area (Å²) >= 11 is 8.01. The Bertz CT molecular complexity index is 1020. The van der Waals surface area contributed by atoms with Gasteiger partial charge in [0.1, 0.15) is 18.1 Å². The molecule has 0 aliphatic carbocycles. The van der Waals surface area contributed by atoms with Gasteiger partial charge in [-0.25, -0.2) is 15.0 Å². The van der Waals surface area contributed by atoms with E-state index < -0.39 is 36.3 Å². The number of nitrogens with zero attached hydrogens (tertiary/aromatic N) is 4. The molecule has 0 bridgehead atoms. The lowest BCUT2D eigenvalue weighted by atomic mass is 10.2. The van der Waals surface area contributed by atoms with Gasteiger partial charge >= 0.3 is 17.9 Å². The van der Waals surface area contributed by atoms with Crippen LogP contribution in [0.1, 0.15) is 27.0 Å². The summed E-state index contributed by atoms with van der Waals surface area (Å²) in [4.78, 5) is 47.0. The molecule has 29 heavy (non-hydrogen) atoms. The van der Waals surface area contributed by atoms with E-state index >= 15 is 0 Å². The molecular weight excluding hydrogens is 523 g/mol. The maximum atomic E-state index is 11.7. The number of carbonyl (C=O) groups is 3. The molecule has 3 heterocycles. The van der Waals surface area contributed by atoms with Gasteiger partial charge in [-0.3, -0.25) is 19.0 Å². The topological polar surface area (TPSA) is 132 Å². The van der Waals surface area contributed by atoms with E-state index in [0.717, 1.165) is 6.26 Å². The van der Waals surface area contributed by atoms with Crippen LogP contribution in [-0.4, -0.2) is 49.6 Å². The Morgan fingerprint density at radius 1 is 1.17 bits per heavy atom. The fourth-order valence-electron chi connectivity index (χ4n) is 2.69. The van der Waals surface area contributed by atoms with Crippen molar-refractivity contribution in [1.29, 1.82) is 0 Å². The number of rotatable bonds is 4. The Balaban J connectivity index is 2.10. The van der Waals surface area contributed by atoms with Gasteiger partial charge in [0.25, 0.3) is 0 Å². The second-order valence-corrected chi connectivity index (χ2v) is 7.17. The molecule has 2 aromatic rings. The van der Waals surface area contributed by atoms with Crippen LogP contribution < -0.4 is 0 Å². The third kappa shape index (κ3) is 4.58. The first-order valence-corrected chi connectivity index (χ1v) is 9.57. The minimum absolute atomic E-state index is 0.0247. The molecule has 11 nitrogen and oxygen atoms in total. The second-order valence-electron chi connectivity index (χ2n) is 5.85. The van der Waals surface area contributed by atoms with Crippen molar-refractivity contribution >= 4 is 63.3 Å². The molecule has 0 saturated carbocycles. The average molecular weight is 537 g/mol. The van der Waals surface area contributed by atoms with E-state index in [1.54, 1.807) is 0 Å². The predicted octanol–water partition coefficient (Wildman–Crippen LogP) is 1.88. The second kappa shape index (κ2) is 8.49. The van der Waals surface area contributed by atoms with Gasteiger partial charge in [-0.1, -0.05) is 11.6 Å². The highest BCUT2D eigenvalue weighted by molar-refractivity contribution is 14.1. The molecule has 3 rings (SSSR count). The molecule has 0 N–H and O–H groups in total. The minimum atomic E-state index is -1.16. The molecular formula is C16H14ClIN4O7. The molecule has 0 amide bonds. The van der Waals surface area contributed by atoms with Gasteiger partial charge in [-0.05, 0) is 0 Å². The average Bonchev–Trinajstić information content (AvgIpc) is 3.15. The Morgan fingerprint density at radius 3 is 2.48 bits per heavy atom. The van der Waals surface area contributed by atoms with Crippen LogP contribution in [0.4, 0.5) is 0 Å². The van der Waals surface area contributed by atoms with Crippen molar-refractivity contribution in [2.45, 2.75) is 39.2 Å². The van der Waals surface area contributed by atoms with Gasteiger partial charge in [0.2, 0.25) is 18.4 Å². The van der Waals surface area contributed by atoms with Crippen LogP contribution in [0.3, 0.4) is 0 Å². The normalized spacial score (nSPS) is 22.4. The Kier molecular flexibility index (Phi) is 6.21. The minimum Gasteiger partial charge on any atom is -0.463 e. The van der Waals surface area contributed by atoms with Crippen molar-refractivity contribution in [1.82, 2.24) is 19.5 Å². The number of imidazole rings is 1. The molecule has 1 saturated heterocycles. The summed E-state index contributed by atoms with van der Waals surface area (Å²) in [5.74, 6) is -1.93. The number of aromatic nitrogens is 4. The van der Waals surface area contributed by atoms with Crippen LogP contribution >= 0.6 is 34.2 Å². The van der Waals surface area contributed by atoms with Gasteiger partial charge in [-0.2, -0.15) is 0 Å². The summed E-state index contributed by atoms with van der Waals surface area (Å²) in [7, 11) is 0. The highest BCUT2D eigenvalue weighted by Gasteiger charge is 2.49. The number of esters is 3. The standard InChI is InChI=1S/C16H14ClIN4O7/c1-6(23)26-4-9-11(27-7(2)24)12(28-8(3)25)15(29-9)22-5-19-10-13(17)20-16(18)21-14(10)22/h4-5,11-12,15H,1-3H3/t11-,12-,15?/m1/s1. The lowest BCUT2D eigenvalue weighted by Gasteiger charge is -2.21. The van der Waals surface area contributed by atoms with Crippen LogP contribution in [-0.2, 0) is 33.3 Å². The van der Waals surface area contributed by atoms with Crippen molar-refractivity contribution in [3.8, 4) is 0 Å². The zero-order valence-corrected chi connectivity index (χ0v) is 18.2. The van der Waals surface area contributed by atoms with Gasteiger partial charge in [-0.15, -0.1) is 0 Å². The van der Waals surface area contributed by atoms with Gasteiger partial charge in [0.05, 0.1) is 0 Å². The van der Waals surface area contributed by atoms with Gasteiger partial charge in [0.15, 0.2) is 20.4 Å². The van der Waals surface area contributed by atoms with E-state index in [1.165, 1.54) is 31.7 Å². The van der Waals surface area contributed by atoms with Crippen molar-refractivity contribution in [3.05, 3.63) is 27.3 Å². The summed E-state index contributed by atoms with van der Waals surface area (Å²) in [6.07, 6.45) is -0.923. The van der Waals surface area contributed by atoms with E-state index in [9.17, 15) is 14.4 Å². The Labute approximate surface area is 182 Å². The molecule has 1 unspecified atom stereocenters. The molecule has 1 fully saturated rings. The first-order chi connectivity index (χ1) is 13.7. The van der Waals surface area contributed by atoms with E-state index in [0.29, 0.717) is 15.0 Å². The van der Waals surface area contributed by atoms with E-state index in [-0.39, 0.29) is 10.9 Å². The van der Waals surface area contributed by atoms with Crippen LogP contribution in [0.25, 0.3) is 11.2 Å². The number of halogens is 2. The van der Waals surface area contributed by atoms with Crippen LogP contribution in [0.2, 0.25) is 5.15 Å². The fourth-order valence-corrected chi connectivity index (χ4v) is 3.52. The number of hydrogen-bond donors (Lipinski definition) is 0. The predicted molar refractivity (Wildman–Crippen MR) is 104 cm³/mol. The summed E-state index contributed by atoms with van der Waals surface area (Å²) in [6.45, 7) is 3.57. The Hall–Kier alpha value is -2.48. The van der Waals surface area contributed by atoms with E-state index in [2.05, 4.69) is 15.0 Å². The summed E-state index contributed by atoms with van der Waals surface area (Å²) in [6, 6.07) is 0. The number of fused-ring (bicyclic) bond motifs is 1. The molecule has 13 heteroatoms. The molecule has 2 aromatic heterocycles. The van der Waals surface area contributed by atoms with Gasteiger partial charge < -0.3 is 18.9 Å². The molecule has 3 atom stereocenters. The van der Waals surface area contributed by atoms with Crippen molar-refractivity contribution in [3.63, 3.8) is 0 Å². The number of carbonyl (C=O) groups excluding carboxylic acids is 3. The summed E-state index contributed by atoms with van der Waals surface area (Å²) in [5, 5.41) is 0.132. The Morgan fingerprint density at radius 2 is 1.86 bits per heavy atom. The summed E-state index contributed by atoms with van der Waals surface area (Å²) < 4.78 is 23.1.